The SMILES string of the molecule is OCCS[C@H]1c2cc3ccc4cccc5ccc(c2[C@@H](O)[C@H](O)[C@@H]1O)c3c45. The molecule has 0 fully saturated rings. The number of hydrogen-bond acceptors (Lipinski definition) is 5. The average molecular weight is 380 g/mol. The van der Waals surface area contributed by atoms with Gasteiger partial charge in [-0.2, -0.15) is 0 Å². The molecule has 4 aromatic carbocycles. The van der Waals surface area contributed by atoms with Gasteiger partial charge in [0.15, 0.2) is 0 Å². The maximum atomic E-state index is 10.8. The maximum absolute atomic E-state index is 10.8. The first-order valence-electron chi connectivity index (χ1n) is 9.09. The Labute approximate surface area is 160 Å². The number of hydrogen-bond donors (Lipinski definition) is 4. The fraction of sp³-hybridized carbons (Fsp3) is 0.273. The Kier molecular flexibility index (Phi) is 4.04. The standard InChI is InChI=1S/C22H20O4S/c23-8-9-27-22-15-10-13-5-4-11-2-1-3-12-6-7-14(17(13)16(11)12)18(15)19(24)20(25)21(22)26/h1-7,10,19-26H,8-9H2/t19-,20+,21+,22+/m1/s1. The number of benzene rings is 4. The molecule has 5 rings (SSSR count). The summed E-state index contributed by atoms with van der Waals surface area (Å²) in [6.45, 7) is -0.00376. The van der Waals surface area contributed by atoms with Crippen molar-refractivity contribution in [1.29, 1.82) is 0 Å². The normalized spacial score (nSPS) is 25.5. The van der Waals surface area contributed by atoms with E-state index in [1.807, 2.05) is 24.3 Å². The molecule has 0 radical (unpaired) electrons. The molecular weight excluding hydrogens is 360 g/mol. The van der Waals surface area contributed by atoms with Crippen LogP contribution in [0.4, 0.5) is 0 Å². The van der Waals surface area contributed by atoms with Crippen molar-refractivity contribution >= 4 is 44.1 Å². The molecule has 0 aromatic heterocycles. The van der Waals surface area contributed by atoms with Crippen molar-refractivity contribution in [3.63, 3.8) is 0 Å². The van der Waals surface area contributed by atoms with Crippen molar-refractivity contribution in [2.75, 3.05) is 12.4 Å². The minimum Gasteiger partial charge on any atom is -0.396 e. The van der Waals surface area contributed by atoms with E-state index in [-0.39, 0.29) is 6.61 Å². The lowest BCUT2D eigenvalue weighted by Gasteiger charge is -2.38. The van der Waals surface area contributed by atoms with E-state index in [2.05, 4.69) is 24.3 Å². The van der Waals surface area contributed by atoms with Gasteiger partial charge < -0.3 is 20.4 Å². The predicted molar refractivity (Wildman–Crippen MR) is 109 cm³/mol. The van der Waals surface area contributed by atoms with Crippen molar-refractivity contribution in [1.82, 2.24) is 0 Å². The van der Waals surface area contributed by atoms with Crippen molar-refractivity contribution < 1.29 is 20.4 Å². The van der Waals surface area contributed by atoms with E-state index in [9.17, 15) is 20.4 Å². The molecule has 4 atom stereocenters. The van der Waals surface area contributed by atoms with Crippen molar-refractivity contribution in [3.05, 3.63) is 59.7 Å². The summed E-state index contributed by atoms with van der Waals surface area (Å²) in [6.07, 6.45) is -3.49. The minimum absolute atomic E-state index is 0.00376. The lowest BCUT2D eigenvalue weighted by molar-refractivity contribution is -0.0691. The highest BCUT2D eigenvalue weighted by Crippen LogP contribution is 2.49. The molecule has 0 saturated carbocycles. The van der Waals surface area contributed by atoms with Gasteiger partial charge >= 0.3 is 0 Å². The molecule has 0 saturated heterocycles. The summed E-state index contributed by atoms with van der Waals surface area (Å²) in [5, 5.41) is 47.2. The van der Waals surface area contributed by atoms with E-state index >= 15 is 0 Å². The Morgan fingerprint density at radius 3 is 2.26 bits per heavy atom. The van der Waals surface area contributed by atoms with Crippen LogP contribution in [-0.4, -0.2) is 45.0 Å². The van der Waals surface area contributed by atoms with Gasteiger partial charge in [0.05, 0.1) is 18.0 Å². The predicted octanol–water partition coefficient (Wildman–Crippen LogP) is 3.12. The molecule has 4 N–H and O–H groups in total. The number of aliphatic hydroxyl groups is 4. The highest BCUT2D eigenvalue weighted by molar-refractivity contribution is 7.99. The van der Waals surface area contributed by atoms with Gasteiger partial charge in [-0.1, -0.05) is 42.5 Å². The average Bonchev–Trinajstić information content (AvgIpc) is 2.70. The largest absolute Gasteiger partial charge is 0.396 e. The first-order valence-corrected chi connectivity index (χ1v) is 10.1. The van der Waals surface area contributed by atoms with Crippen molar-refractivity contribution in [3.8, 4) is 0 Å². The molecule has 5 heteroatoms. The van der Waals surface area contributed by atoms with E-state index in [1.165, 1.54) is 11.8 Å². The zero-order chi connectivity index (χ0) is 18.7. The number of fused-ring (bicyclic) bond motifs is 2. The fourth-order valence-corrected chi connectivity index (χ4v) is 5.60. The zero-order valence-electron chi connectivity index (χ0n) is 14.5. The summed E-state index contributed by atoms with van der Waals surface area (Å²) >= 11 is 1.41. The summed E-state index contributed by atoms with van der Waals surface area (Å²) in [5.41, 5.74) is 1.53. The molecule has 1 aliphatic carbocycles. The second-order valence-corrected chi connectivity index (χ2v) is 8.43. The molecule has 0 heterocycles. The summed E-state index contributed by atoms with van der Waals surface area (Å²) in [7, 11) is 0. The monoisotopic (exact) mass is 380 g/mol. The van der Waals surface area contributed by atoms with E-state index in [4.69, 9.17) is 0 Å². The molecule has 0 bridgehead atoms. The van der Waals surface area contributed by atoms with Gasteiger partial charge in [0.2, 0.25) is 0 Å². The van der Waals surface area contributed by atoms with Crippen molar-refractivity contribution in [2.24, 2.45) is 0 Å². The van der Waals surface area contributed by atoms with Gasteiger partial charge in [0.25, 0.3) is 0 Å². The van der Waals surface area contributed by atoms with Crippen LogP contribution in [0.3, 0.4) is 0 Å². The quantitative estimate of drug-likeness (QED) is 0.411. The highest BCUT2D eigenvalue weighted by atomic mass is 32.2. The first-order chi connectivity index (χ1) is 13.1. The van der Waals surface area contributed by atoms with Gasteiger partial charge in [-0.15, -0.1) is 11.8 Å². The summed E-state index contributed by atoms with van der Waals surface area (Å²) in [6, 6.07) is 16.4. The minimum atomic E-state index is -1.26. The molecule has 0 unspecified atom stereocenters. The Hall–Kier alpha value is -1.89. The fourth-order valence-electron chi connectivity index (χ4n) is 4.51. The van der Waals surface area contributed by atoms with Gasteiger partial charge in [-0.05, 0) is 49.5 Å². The van der Waals surface area contributed by atoms with Crippen LogP contribution in [-0.2, 0) is 0 Å². The maximum Gasteiger partial charge on any atom is 0.111 e. The molecule has 0 spiro atoms. The third kappa shape index (κ3) is 2.40. The molecule has 4 aromatic rings. The Morgan fingerprint density at radius 1 is 0.815 bits per heavy atom. The second-order valence-electron chi connectivity index (χ2n) is 7.18. The summed E-state index contributed by atoms with van der Waals surface area (Å²) in [5.74, 6) is 0.453. The van der Waals surface area contributed by atoms with Gasteiger partial charge in [-0.3, -0.25) is 0 Å². The van der Waals surface area contributed by atoms with Crippen LogP contribution < -0.4 is 0 Å². The van der Waals surface area contributed by atoms with E-state index in [1.54, 1.807) is 0 Å². The van der Waals surface area contributed by atoms with Gasteiger partial charge in [0, 0.05) is 5.75 Å². The van der Waals surface area contributed by atoms with E-state index in [0.717, 1.165) is 37.9 Å². The van der Waals surface area contributed by atoms with Crippen molar-refractivity contribution in [2.45, 2.75) is 23.6 Å². The molecule has 4 nitrogen and oxygen atoms in total. The molecule has 138 valence electrons. The van der Waals surface area contributed by atoms with Crippen LogP contribution >= 0.6 is 11.8 Å². The molecular formula is C22H20O4S. The first kappa shape index (κ1) is 17.2. The van der Waals surface area contributed by atoms with Gasteiger partial charge in [0.1, 0.15) is 12.2 Å². The van der Waals surface area contributed by atoms with Crippen LogP contribution in [0.1, 0.15) is 22.5 Å². The number of thioether (sulfide) groups is 1. The Morgan fingerprint density at radius 2 is 1.52 bits per heavy atom. The Balaban J connectivity index is 1.88. The van der Waals surface area contributed by atoms with E-state index in [0.29, 0.717) is 11.3 Å². The van der Waals surface area contributed by atoms with Crippen LogP contribution in [0, 0.1) is 0 Å². The topological polar surface area (TPSA) is 80.9 Å². The smallest absolute Gasteiger partial charge is 0.111 e. The lowest BCUT2D eigenvalue weighted by atomic mass is 9.79. The van der Waals surface area contributed by atoms with Crippen LogP contribution in [0.2, 0.25) is 0 Å². The third-order valence-corrected chi connectivity index (χ3v) is 7.01. The summed E-state index contributed by atoms with van der Waals surface area (Å²) < 4.78 is 0. The summed E-state index contributed by atoms with van der Waals surface area (Å²) in [4.78, 5) is 0. The second kappa shape index (κ2) is 6.33. The molecule has 27 heavy (non-hydrogen) atoms. The van der Waals surface area contributed by atoms with E-state index < -0.39 is 23.6 Å². The highest BCUT2D eigenvalue weighted by Gasteiger charge is 2.41. The third-order valence-electron chi connectivity index (χ3n) is 5.70. The lowest BCUT2D eigenvalue weighted by Crippen LogP contribution is -2.41. The van der Waals surface area contributed by atoms with Crippen LogP contribution in [0.25, 0.3) is 32.3 Å². The number of rotatable bonds is 3. The molecule has 0 amide bonds. The molecule has 0 aliphatic heterocycles. The van der Waals surface area contributed by atoms with Gasteiger partial charge in [-0.25, -0.2) is 0 Å². The number of aliphatic hydroxyl groups excluding tert-OH is 4. The van der Waals surface area contributed by atoms with Crippen LogP contribution in [0.15, 0.2) is 48.5 Å². The van der Waals surface area contributed by atoms with Crippen LogP contribution in [0.5, 0.6) is 0 Å². The Bertz CT molecular complexity index is 1130. The molecule has 1 aliphatic rings. The zero-order valence-corrected chi connectivity index (χ0v) is 15.4.